The predicted molar refractivity (Wildman–Crippen MR) is 97.1 cm³/mol. The van der Waals surface area contributed by atoms with E-state index in [0.717, 1.165) is 14.8 Å². The number of amides is 1. The van der Waals surface area contributed by atoms with Crippen LogP contribution in [0, 0.1) is 9.39 Å². The van der Waals surface area contributed by atoms with E-state index in [1.54, 1.807) is 12.1 Å². The van der Waals surface area contributed by atoms with Gasteiger partial charge in [-0.1, -0.05) is 18.2 Å². The van der Waals surface area contributed by atoms with E-state index in [2.05, 4.69) is 27.9 Å². The van der Waals surface area contributed by atoms with Crippen LogP contribution < -0.4 is 10.1 Å². The van der Waals surface area contributed by atoms with Gasteiger partial charge in [0, 0.05) is 10.1 Å². The summed E-state index contributed by atoms with van der Waals surface area (Å²) in [5.41, 5.74) is 1.58. The first-order chi connectivity index (χ1) is 11.0. The van der Waals surface area contributed by atoms with Crippen LogP contribution in [-0.2, 0) is 11.3 Å². The van der Waals surface area contributed by atoms with Gasteiger partial charge in [-0.3, -0.25) is 9.69 Å². The Bertz CT molecular complexity index is 694. The molecular formula is C17H18FIN2O2. The van der Waals surface area contributed by atoms with Crippen LogP contribution in [0.3, 0.4) is 0 Å². The highest BCUT2D eigenvalue weighted by atomic mass is 127. The molecule has 0 radical (unpaired) electrons. The number of methoxy groups -OCH3 is 1. The molecule has 0 saturated heterocycles. The molecule has 0 aliphatic rings. The van der Waals surface area contributed by atoms with Crippen LogP contribution >= 0.6 is 22.6 Å². The van der Waals surface area contributed by atoms with Crippen molar-refractivity contribution < 1.29 is 13.9 Å². The van der Waals surface area contributed by atoms with Gasteiger partial charge in [0.1, 0.15) is 0 Å². The minimum atomic E-state index is -0.401. The van der Waals surface area contributed by atoms with Gasteiger partial charge >= 0.3 is 0 Å². The summed E-state index contributed by atoms with van der Waals surface area (Å²) in [6.07, 6.45) is 0. The fraction of sp³-hybridized carbons (Fsp3) is 0.235. The zero-order chi connectivity index (χ0) is 16.8. The number of carbonyl (C=O) groups excluding carboxylic acids is 1. The van der Waals surface area contributed by atoms with Crippen LogP contribution in [0.4, 0.5) is 10.1 Å². The number of para-hydroxylation sites is 1. The van der Waals surface area contributed by atoms with E-state index in [4.69, 9.17) is 4.74 Å². The van der Waals surface area contributed by atoms with Crippen molar-refractivity contribution in [1.82, 2.24) is 4.90 Å². The van der Waals surface area contributed by atoms with Crippen molar-refractivity contribution in [3.8, 4) is 5.75 Å². The first-order valence-corrected chi connectivity index (χ1v) is 8.13. The van der Waals surface area contributed by atoms with Crippen LogP contribution in [0.1, 0.15) is 5.56 Å². The van der Waals surface area contributed by atoms with Crippen molar-refractivity contribution in [3.63, 3.8) is 0 Å². The molecule has 2 rings (SSSR count). The van der Waals surface area contributed by atoms with Gasteiger partial charge in [-0.15, -0.1) is 0 Å². The van der Waals surface area contributed by atoms with Gasteiger partial charge in [0.05, 0.1) is 19.3 Å². The summed E-state index contributed by atoms with van der Waals surface area (Å²) < 4.78 is 19.5. The number of benzene rings is 2. The summed E-state index contributed by atoms with van der Waals surface area (Å²) in [6, 6.07) is 12.4. The summed E-state index contributed by atoms with van der Waals surface area (Å²) in [6.45, 7) is 0.693. The highest BCUT2D eigenvalue weighted by molar-refractivity contribution is 14.1. The van der Waals surface area contributed by atoms with Gasteiger partial charge in [0.25, 0.3) is 0 Å². The van der Waals surface area contributed by atoms with Crippen LogP contribution in [0.15, 0.2) is 42.5 Å². The summed E-state index contributed by atoms with van der Waals surface area (Å²) >= 11 is 2.17. The van der Waals surface area contributed by atoms with Crippen molar-refractivity contribution in [2.24, 2.45) is 0 Å². The summed E-state index contributed by atoms with van der Waals surface area (Å²) in [7, 11) is 3.25. The number of nitrogens with zero attached hydrogens (tertiary/aromatic N) is 1. The highest BCUT2D eigenvalue weighted by Gasteiger charge is 2.10. The van der Waals surface area contributed by atoms with Crippen molar-refractivity contribution in [3.05, 3.63) is 57.4 Å². The number of halogens is 2. The maximum atomic E-state index is 13.7. The Labute approximate surface area is 148 Å². The Balaban J connectivity index is 1.91. The molecule has 0 spiro atoms. The van der Waals surface area contributed by atoms with E-state index in [-0.39, 0.29) is 18.2 Å². The molecule has 0 heterocycles. The Kier molecular flexibility index (Phi) is 6.35. The number of carbonyl (C=O) groups is 1. The molecule has 4 nitrogen and oxygen atoms in total. The zero-order valence-corrected chi connectivity index (χ0v) is 15.1. The Morgan fingerprint density at radius 3 is 2.70 bits per heavy atom. The van der Waals surface area contributed by atoms with Crippen LogP contribution in [-0.4, -0.2) is 31.5 Å². The van der Waals surface area contributed by atoms with Crippen molar-refractivity contribution in [1.29, 1.82) is 0 Å². The maximum absolute atomic E-state index is 13.7. The molecule has 23 heavy (non-hydrogen) atoms. The number of hydrogen-bond donors (Lipinski definition) is 1. The monoisotopic (exact) mass is 428 g/mol. The third kappa shape index (κ3) is 5.18. The lowest BCUT2D eigenvalue weighted by molar-refractivity contribution is -0.117. The SMILES string of the molecule is COc1ccc(CN(C)CC(=O)Nc2ccccc2I)cc1F. The topological polar surface area (TPSA) is 41.6 Å². The summed E-state index contributed by atoms with van der Waals surface area (Å²) in [5, 5.41) is 2.87. The lowest BCUT2D eigenvalue weighted by Gasteiger charge is -2.17. The van der Waals surface area contributed by atoms with E-state index in [9.17, 15) is 9.18 Å². The van der Waals surface area contributed by atoms with Crippen molar-refractivity contribution in [2.75, 3.05) is 26.0 Å². The minimum absolute atomic E-state index is 0.106. The van der Waals surface area contributed by atoms with Crippen LogP contribution in [0.2, 0.25) is 0 Å². The maximum Gasteiger partial charge on any atom is 0.238 e. The van der Waals surface area contributed by atoms with Gasteiger partial charge in [-0.2, -0.15) is 0 Å². The number of ether oxygens (including phenoxy) is 1. The third-order valence-corrected chi connectivity index (χ3v) is 4.17. The molecule has 0 saturated carbocycles. The molecule has 2 aromatic carbocycles. The molecule has 0 unspecified atom stereocenters. The molecule has 0 fully saturated rings. The van der Waals surface area contributed by atoms with Crippen LogP contribution in [0.5, 0.6) is 5.75 Å². The number of likely N-dealkylation sites (N-methyl/N-ethyl adjacent to an activating group) is 1. The molecule has 0 aliphatic carbocycles. The van der Waals surface area contributed by atoms with Crippen LogP contribution in [0.25, 0.3) is 0 Å². The van der Waals surface area contributed by atoms with E-state index in [1.165, 1.54) is 13.2 Å². The van der Waals surface area contributed by atoms with Gasteiger partial charge in [0.2, 0.25) is 5.91 Å². The second kappa shape index (κ2) is 8.26. The van der Waals surface area contributed by atoms with E-state index >= 15 is 0 Å². The highest BCUT2D eigenvalue weighted by Crippen LogP contribution is 2.19. The zero-order valence-electron chi connectivity index (χ0n) is 13.0. The Morgan fingerprint density at radius 2 is 2.04 bits per heavy atom. The van der Waals surface area contributed by atoms with E-state index in [0.29, 0.717) is 6.54 Å². The quantitative estimate of drug-likeness (QED) is 0.717. The van der Waals surface area contributed by atoms with Gasteiger partial charge in [0.15, 0.2) is 11.6 Å². The number of nitrogens with one attached hydrogen (secondary N) is 1. The smallest absolute Gasteiger partial charge is 0.238 e. The number of rotatable bonds is 6. The second-order valence-corrected chi connectivity index (χ2v) is 6.33. The molecule has 122 valence electrons. The van der Waals surface area contributed by atoms with Gasteiger partial charge in [-0.05, 0) is 59.5 Å². The lowest BCUT2D eigenvalue weighted by atomic mass is 10.2. The Morgan fingerprint density at radius 1 is 1.30 bits per heavy atom. The first-order valence-electron chi connectivity index (χ1n) is 7.05. The second-order valence-electron chi connectivity index (χ2n) is 5.17. The molecule has 0 atom stereocenters. The summed E-state index contributed by atoms with van der Waals surface area (Å²) in [5.74, 6) is -0.292. The average molecular weight is 428 g/mol. The summed E-state index contributed by atoms with van der Waals surface area (Å²) in [4.78, 5) is 13.9. The molecule has 0 aliphatic heterocycles. The lowest BCUT2D eigenvalue weighted by Crippen LogP contribution is -2.30. The molecule has 1 N–H and O–H groups in total. The standard InChI is InChI=1S/C17H18FIN2O2/c1-21(10-12-7-8-16(23-2)13(18)9-12)11-17(22)20-15-6-4-3-5-14(15)19/h3-9H,10-11H2,1-2H3,(H,20,22). The van der Waals surface area contributed by atoms with E-state index in [1.807, 2.05) is 36.2 Å². The molecule has 2 aromatic rings. The third-order valence-electron chi connectivity index (χ3n) is 3.23. The molecular weight excluding hydrogens is 410 g/mol. The number of hydrogen-bond acceptors (Lipinski definition) is 3. The molecule has 6 heteroatoms. The van der Waals surface area contributed by atoms with Gasteiger partial charge in [-0.25, -0.2) is 4.39 Å². The predicted octanol–water partition coefficient (Wildman–Crippen LogP) is 3.51. The van der Waals surface area contributed by atoms with Crippen molar-refractivity contribution in [2.45, 2.75) is 6.54 Å². The fourth-order valence-electron chi connectivity index (χ4n) is 2.17. The fourth-order valence-corrected chi connectivity index (χ4v) is 2.70. The largest absolute Gasteiger partial charge is 0.494 e. The van der Waals surface area contributed by atoms with E-state index < -0.39 is 5.82 Å². The Hall–Kier alpha value is -1.67. The number of anilines is 1. The van der Waals surface area contributed by atoms with Crippen molar-refractivity contribution >= 4 is 34.2 Å². The molecule has 1 amide bonds. The normalized spacial score (nSPS) is 10.7. The molecule has 0 bridgehead atoms. The van der Waals surface area contributed by atoms with Gasteiger partial charge < -0.3 is 10.1 Å². The molecule has 0 aromatic heterocycles. The minimum Gasteiger partial charge on any atom is -0.494 e. The average Bonchev–Trinajstić information content (AvgIpc) is 2.49. The first kappa shape index (κ1) is 17.7.